The molecule has 2 aromatic heterocycles. The molecular formula is C22H19N3O2S. The van der Waals surface area contributed by atoms with Crippen LogP contribution in [0.1, 0.15) is 25.7 Å². The molecule has 140 valence electrons. The fraction of sp³-hybridized carbons (Fsp3) is 0.227. The summed E-state index contributed by atoms with van der Waals surface area (Å²) in [5, 5.41) is 0.647. The Balaban J connectivity index is 1.68. The van der Waals surface area contributed by atoms with Gasteiger partial charge in [0.1, 0.15) is 5.69 Å². The van der Waals surface area contributed by atoms with Crippen molar-refractivity contribution < 1.29 is 0 Å². The van der Waals surface area contributed by atoms with Crippen molar-refractivity contribution in [1.29, 1.82) is 0 Å². The molecule has 0 atom stereocenters. The molecule has 0 saturated heterocycles. The number of benzene rings is 2. The number of nitrogens with zero attached hydrogens (tertiary/aromatic N) is 2. The van der Waals surface area contributed by atoms with E-state index in [1.54, 1.807) is 3.96 Å². The average Bonchev–Trinajstić information content (AvgIpc) is 3.04. The van der Waals surface area contributed by atoms with Crippen LogP contribution in [0.4, 0.5) is 0 Å². The van der Waals surface area contributed by atoms with Crippen molar-refractivity contribution >= 4 is 32.7 Å². The Bertz CT molecular complexity index is 1340. The molecular weight excluding hydrogens is 370 g/mol. The highest BCUT2D eigenvalue weighted by atomic mass is 32.1. The molecule has 0 unspecified atom stereocenters. The smallest absolute Gasteiger partial charge is 0.275 e. The van der Waals surface area contributed by atoms with E-state index in [1.165, 1.54) is 29.9 Å². The number of nitrogens with one attached hydrogen (secondary N) is 1. The zero-order chi connectivity index (χ0) is 19.1. The van der Waals surface area contributed by atoms with E-state index < -0.39 is 0 Å². The minimum Gasteiger partial charge on any atom is -0.319 e. The van der Waals surface area contributed by atoms with Gasteiger partial charge in [0.25, 0.3) is 11.1 Å². The van der Waals surface area contributed by atoms with Gasteiger partial charge in [-0.2, -0.15) is 0 Å². The van der Waals surface area contributed by atoms with Crippen LogP contribution in [0, 0.1) is 0 Å². The number of H-pyrrole nitrogens is 1. The third kappa shape index (κ3) is 2.90. The van der Waals surface area contributed by atoms with E-state index >= 15 is 0 Å². The Morgan fingerprint density at radius 3 is 2.82 bits per heavy atom. The van der Waals surface area contributed by atoms with Crippen molar-refractivity contribution in [3.05, 3.63) is 74.8 Å². The predicted molar refractivity (Wildman–Crippen MR) is 114 cm³/mol. The SMILES string of the molecule is O=c1[nH]c2ccccc2nc1-c1cccc2c(=O)n(CC3=CCCCC3)sc12. The zero-order valence-electron chi connectivity index (χ0n) is 15.3. The van der Waals surface area contributed by atoms with Crippen molar-refractivity contribution in [2.24, 2.45) is 0 Å². The molecule has 2 aromatic carbocycles. The first-order valence-electron chi connectivity index (χ1n) is 9.51. The summed E-state index contributed by atoms with van der Waals surface area (Å²) < 4.78 is 2.62. The quantitative estimate of drug-likeness (QED) is 0.526. The van der Waals surface area contributed by atoms with Crippen molar-refractivity contribution in [2.75, 3.05) is 0 Å². The zero-order valence-corrected chi connectivity index (χ0v) is 16.1. The topological polar surface area (TPSA) is 67.8 Å². The number of fused-ring (bicyclic) bond motifs is 2. The molecule has 5 nitrogen and oxygen atoms in total. The molecule has 5 rings (SSSR count). The van der Waals surface area contributed by atoms with Crippen LogP contribution in [0.5, 0.6) is 0 Å². The first kappa shape index (κ1) is 17.1. The van der Waals surface area contributed by atoms with Crippen molar-refractivity contribution in [3.63, 3.8) is 0 Å². The minimum atomic E-state index is -0.242. The molecule has 0 spiro atoms. The molecule has 1 N–H and O–H groups in total. The summed E-state index contributed by atoms with van der Waals surface area (Å²) in [6.07, 6.45) is 6.82. The second kappa shape index (κ2) is 6.87. The van der Waals surface area contributed by atoms with Gasteiger partial charge in [0.2, 0.25) is 0 Å². The number of hydrogen-bond donors (Lipinski definition) is 1. The van der Waals surface area contributed by atoms with Gasteiger partial charge in [-0.3, -0.25) is 13.5 Å². The fourth-order valence-corrected chi connectivity index (χ4v) is 4.97. The molecule has 6 heteroatoms. The van der Waals surface area contributed by atoms with Gasteiger partial charge in [-0.1, -0.05) is 47.4 Å². The van der Waals surface area contributed by atoms with E-state index in [-0.39, 0.29) is 11.1 Å². The molecule has 1 aliphatic carbocycles. The van der Waals surface area contributed by atoms with Crippen LogP contribution < -0.4 is 11.1 Å². The van der Waals surface area contributed by atoms with Crippen LogP contribution in [0.15, 0.2) is 63.7 Å². The molecule has 4 aromatic rings. The molecule has 1 aliphatic rings. The van der Waals surface area contributed by atoms with Gasteiger partial charge >= 0.3 is 0 Å². The van der Waals surface area contributed by atoms with Gasteiger partial charge in [0.15, 0.2) is 0 Å². The molecule has 0 radical (unpaired) electrons. The lowest BCUT2D eigenvalue weighted by Crippen LogP contribution is -2.15. The van der Waals surface area contributed by atoms with Crippen LogP contribution in [0.2, 0.25) is 0 Å². The molecule has 0 fully saturated rings. The summed E-state index contributed by atoms with van der Waals surface area (Å²) >= 11 is 1.42. The third-order valence-corrected chi connectivity index (χ3v) is 6.40. The van der Waals surface area contributed by atoms with Gasteiger partial charge in [-0.15, -0.1) is 0 Å². The summed E-state index contributed by atoms with van der Waals surface area (Å²) in [4.78, 5) is 33.1. The van der Waals surface area contributed by atoms with E-state index in [4.69, 9.17) is 0 Å². The highest BCUT2D eigenvalue weighted by Crippen LogP contribution is 2.29. The third-order valence-electron chi connectivity index (χ3n) is 5.26. The van der Waals surface area contributed by atoms with Crippen LogP contribution in [-0.4, -0.2) is 13.9 Å². The minimum absolute atomic E-state index is 0.00513. The lowest BCUT2D eigenvalue weighted by atomic mass is 10.00. The van der Waals surface area contributed by atoms with Crippen LogP contribution in [-0.2, 0) is 6.54 Å². The maximum atomic E-state index is 12.9. The Kier molecular flexibility index (Phi) is 4.20. The van der Waals surface area contributed by atoms with E-state index in [1.807, 2.05) is 42.5 Å². The van der Waals surface area contributed by atoms with Crippen LogP contribution in [0.3, 0.4) is 0 Å². The molecule has 0 aliphatic heterocycles. The van der Waals surface area contributed by atoms with Crippen molar-refractivity contribution in [3.8, 4) is 11.3 Å². The van der Waals surface area contributed by atoms with Gasteiger partial charge < -0.3 is 4.98 Å². The number of aromatic nitrogens is 3. The van der Waals surface area contributed by atoms with Crippen molar-refractivity contribution in [1.82, 2.24) is 13.9 Å². The fourth-order valence-electron chi connectivity index (χ4n) is 3.83. The lowest BCUT2D eigenvalue weighted by molar-refractivity contribution is 0.656. The summed E-state index contributed by atoms with van der Waals surface area (Å²) in [5.41, 5.74) is 3.59. The van der Waals surface area contributed by atoms with E-state index in [0.29, 0.717) is 28.7 Å². The standard InChI is InChI=1S/C22H19N3O2S/c26-21-19(23-17-11-4-5-12-18(17)24-21)15-9-6-10-16-20(15)28-25(22(16)27)13-14-7-2-1-3-8-14/h4-7,9-12H,1-3,8,13H2,(H,24,26). The molecule has 28 heavy (non-hydrogen) atoms. The van der Waals surface area contributed by atoms with Crippen LogP contribution >= 0.6 is 11.5 Å². The van der Waals surface area contributed by atoms with Gasteiger partial charge in [0.05, 0.1) is 27.7 Å². The molecule has 2 heterocycles. The summed E-state index contributed by atoms with van der Waals surface area (Å²) in [5.74, 6) is 0. The van der Waals surface area contributed by atoms with Crippen LogP contribution in [0.25, 0.3) is 32.4 Å². The highest BCUT2D eigenvalue weighted by molar-refractivity contribution is 7.14. The van der Waals surface area contributed by atoms with Crippen molar-refractivity contribution in [2.45, 2.75) is 32.2 Å². The molecule has 0 bridgehead atoms. The number of rotatable bonds is 3. The van der Waals surface area contributed by atoms with E-state index in [9.17, 15) is 9.59 Å². The van der Waals surface area contributed by atoms with Gasteiger partial charge in [0, 0.05) is 5.56 Å². The second-order valence-electron chi connectivity index (χ2n) is 7.16. The van der Waals surface area contributed by atoms with Gasteiger partial charge in [-0.25, -0.2) is 4.98 Å². The average molecular weight is 389 g/mol. The monoisotopic (exact) mass is 389 g/mol. The number of para-hydroxylation sites is 2. The highest BCUT2D eigenvalue weighted by Gasteiger charge is 2.17. The molecule has 0 saturated carbocycles. The second-order valence-corrected chi connectivity index (χ2v) is 8.19. The van der Waals surface area contributed by atoms with E-state index in [0.717, 1.165) is 23.1 Å². The number of allylic oxidation sites excluding steroid dienone is 2. The normalized spacial score (nSPS) is 14.5. The van der Waals surface area contributed by atoms with Gasteiger partial charge in [-0.05, 0) is 43.9 Å². The Morgan fingerprint density at radius 1 is 1.07 bits per heavy atom. The predicted octanol–water partition coefficient (Wildman–Crippen LogP) is 4.47. The Morgan fingerprint density at radius 2 is 1.96 bits per heavy atom. The maximum Gasteiger partial charge on any atom is 0.275 e. The Hall–Kier alpha value is -2.99. The maximum absolute atomic E-state index is 12.9. The van der Waals surface area contributed by atoms with E-state index in [2.05, 4.69) is 16.0 Å². The number of hydrogen-bond acceptors (Lipinski definition) is 4. The largest absolute Gasteiger partial charge is 0.319 e. The lowest BCUT2D eigenvalue weighted by Gasteiger charge is -2.11. The summed E-state index contributed by atoms with van der Waals surface area (Å²) in [6.45, 7) is 0.638. The summed E-state index contributed by atoms with van der Waals surface area (Å²) in [7, 11) is 0. The first-order chi connectivity index (χ1) is 13.7. The summed E-state index contributed by atoms with van der Waals surface area (Å²) in [6, 6.07) is 13.0. The Labute approximate surface area is 165 Å². The number of aromatic amines is 1. The first-order valence-corrected chi connectivity index (χ1v) is 10.3. The molecule has 0 amide bonds.